The fraction of sp³-hybridized carbons (Fsp3) is 0.812. The summed E-state index contributed by atoms with van der Waals surface area (Å²) in [5.74, 6) is 1.72. The topological polar surface area (TPSA) is 28.2 Å². The second kappa shape index (κ2) is 7.41. The molecule has 1 unspecified atom stereocenters. The van der Waals surface area contributed by atoms with E-state index in [4.69, 9.17) is 0 Å². The van der Waals surface area contributed by atoms with Gasteiger partial charge in [0.2, 0.25) is 0 Å². The van der Waals surface area contributed by atoms with Crippen LogP contribution in [0.25, 0.3) is 0 Å². The molecule has 0 bridgehead atoms. The van der Waals surface area contributed by atoms with Gasteiger partial charge in [0.1, 0.15) is 0 Å². The van der Waals surface area contributed by atoms with Gasteiger partial charge in [-0.3, -0.25) is 0 Å². The van der Waals surface area contributed by atoms with E-state index in [0.29, 0.717) is 6.04 Å². The van der Waals surface area contributed by atoms with E-state index in [1.54, 1.807) is 0 Å². The molecule has 4 heteroatoms. The Labute approximate surface area is 127 Å². The molecule has 1 aromatic rings. The molecular formula is C16H29N3S. The van der Waals surface area contributed by atoms with Crippen LogP contribution >= 0.6 is 11.3 Å². The fourth-order valence-corrected chi connectivity index (χ4v) is 3.84. The van der Waals surface area contributed by atoms with Crippen LogP contribution in [0.2, 0.25) is 0 Å². The van der Waals surface area contributed by atoms with Gasteiger partial charge in [-0.25, -0.2) is 4.98 Å². The lowest BCUT2D eigenvalue weighted by Crippen LogP contribution is -2.35. The predicted molar refractivity (Wildman–Crippen MR) is 88.6 cm³/mol. The van der Waals surface area contributed by atoms with Crippen LogP contribution in [0.1, 0.15) is 57.9 Å². The van der Waals surface area contributed by atoms with Gasteiger partial charge >= 0.3 is 0 Å². The number of piperidine rings is 1. The number of nitrogens with one attached hydrogen (secondary N) is 1. The number of nitrogens with zero attached hydrogens (tertiary/aromatic N) is 2. The zero-order chi connectivity index (χ0) is 14.5. The Hall–Kier alpha value is -0.610. The second-order valence-electron chi connectivity index (χ2n) is 6.29. The molecule has 20 heavy (non-hydrogen) atoms. The van der Waals surface area contributed by atoms with Crippen molar-refractivity contribution < 1.29 is 0 Å². The normalized spacial score (nSPS) is 18.8. The number of hydrogen-bond acceptors (Lipinski definition) is 4. The maximum Gasteiger partial charge on any atom is 0.185 e. The van der Waals surface area contributed by atoms with E-state index in [1.165, 1.54) is 42.4 Å². The molecule has 0 aliphatic carbocycles. The number of rotatable bonds is 6. The van der Waals surface area contributed by atoms with Crippen LogP contribution < -0.4 is 10.2 Å². The number of aromatic nitrogens is 1. The summed E-state index contributed by atoms with van der Waals surface area (Å²) < 4.78 is 0. The predicted octanol–water partition coefficient (Wildman–Crippen LogP) is 4.08. The van der Waals surface area contributed by atoms with Crippen molar-refractivity contribution >= 4 is 16.5 Å². The van der Waals surface area contributed by atoms with Gasteiger partial charge in [-0.05, 0) is 44.6 Å². The zero-order valence-corrected chi connectivity index (χ0v) is 14.2. The standard InChI is InChI=1S/C16H29N3S/c1-5-8-17-13(4)15-11-18-16(20-15)19-9-6-14(7-10-19)12(2)3/h11-14,17H,5-10H2,1-4H3. The first-order valence-electron chi connectivity index (χ1n) is 8.05. The molecule has 1 aliphatic heterocycles. The minimum atomic E-state index is 0.425. The maximum atomic E-state index is 4.64. The highest BCUT2D eigenvalue weighted by Crippen LogP contribution is 2.32. The molecule has 0 amide bonds. The summed E-state index contributed by atoms with van der Waals surface area (Å²) in [6, 6.07) is 0.425. The van der Waals surface area contributed by atoms with Crippen LogP contribution in [0.15, 0.2) is 6.20 Å². The lowest BCUT2D eigenvalue weighted by Gasteiger charge is -2.33. The highest BCUT2D eigenvalue weighted by atomic mass is 32.1. The highest BCUT2D eigenvalue weighted by Gasteiger charge is 2.23. The van der Waals surface area contributed by atoms with Crippen molar-refractivity contribution in [2.75, 3.05) is 24.5 Å². The van der Waals surface area contributed by atoms with Crippen LogP contribution in [0.5, 0.6) is 0 Å². The molecular weight excluding hydrogens is 266 g/mol. The summed E-state index contributed by atoms with van der Waals surface area (Å²) in [4.78, 5) is 8.48. The smallest absolute Gasteiger partial charge is 0.185 e. The second-order valence-corrected chi connectivity index (χ2v) is 7.33. The SMILES string of the molecule is CCCNC(C)c1cnc(N2CCC(C(C)C)CC2)s1. The van der Waals surface area contributed by atoms with E-state index in [-0.39, 0.29) is 0 Å². The van der Waals surface area contributed by atoms with Crippen molar-refractivity contribution in [3.63, 3.8) is 0 Å². The lowest BCUT2D eigenvalue weighted by atomic mass is 9.87. The Morgan fingerprint density at radius 3 is 2.65 bits per heavy atom. The Morgan fingerprint density at radius 1 is 1.35 bits per heavy atom. The van der Waals surface area contributed by atoms with E-state index in [9.17, 15) is 0 Å². The van der Waals surface area contributed by atoms with Gasteiger partial charge in [-0.15, -0.1) is 11.3 Å². The monoisotopic (exact) mass is 295 g/mol. The molecule has 2 heterocycles. The molecule has 3 nitrogen and oxygen atoms in total. The molecule has 114 valence electrons. The van der Waals surface area contributed by atoms with Crippen molar-refractivity contribution in [3.05, 3.63) is 11.1 Å². The largest absolute Gasteiger partial charge is 0.348 e. The molecule has 0 radical (unpaired) electrons. The minimum Gasteiger partial charge on any atom is -0.348 e. The quantitative estimate of drug-likeness (QED) is 0.857. The van der Waals surface area contributed by atoms with E-state index < -0.39 is 0 Å². The number of thiazole rings is 1. The van der Waals surface area contributed by atoms with Crippen molar-refractivity contribution in [1.82, 2.24) is 10.3 Å². The van der Waals surface area contributed by atoms with Gasteiger partial charge in [0, 0.05) is 30.2 Å². The average molecular weight is 295 g/mol. The van der Waals surface area contributed by atoms with Crippen LogP contribution in [-0.2, 0) is 0 Å². The third-order valence-electron chi connectivity index (χ3n) is 4.39. The first kappa shape index (κ1) is 15.8. The summed E-state index contributed by atoms with van der Waals surface area (Å²) in [7, 11) is 0. The summed E-state index contributed by atoms with van der Waals surface area (Å²) in [5, 5.41) is 4.75. The minimum absolute atomic E-state index is 0.425. The van der Waals surface area contributed by atoms with Crippen molar-refractivity contribution in [3.8, 4) is 0 Å². The zero-order valence-electron chi connectivity index (χ0n) is 13.4. The highest BCUT2D eigenvalue weighted by molar-refractivity contribution is 7.15. The summed E-state index contributed by atoms with van der Waals surface area (Å²) in [6.07, 6.45) is 5.87. The van der Waals surface area contributed by atoms with Gasteiger partial charge in [-0.1, -0.05) is 20.8 Å². The van der Waals surface area contributed by atoms with Gasteiger partial charge in [0.25, 0.3) is 0 Å². The van der Waals surface area contributed by atoms with Gasteiger partial charge in [0.05, 0.1) is 0 Å². The van der Waals surface area contributed by atoms with Crippen LogP contribution in [-0.4, -0.2) is 24.6 Å². The molecule has 2 rings (SSSR count). The third-order valence-corrected chi connectivity index (χ3v) is 5.63. The Bertz CT molecular complexity index is 394. The molecule has 1 atom stereocenters. The number of anilines is 1. The maximum absolute atomic E-state index is 4.64. The molecule has 1 aliphatic rings. The molecule has 1 aromatic heterocycles. The first-order chi connectivity index (χ1) is 9.61. The van der Waals surface area contributed by atoms with Gasteiger partial charge in [0.15, 0.2) is 5.13 Å². The summed E-state index contributed by atoms with van der Waals surface area (Å²) >= 11 is 1.86. The Kier molecular flexibility index (Phi) is 5.85. The molecule has 0 saturated carbocycles. The van der Waals surface area contributed by atoms with E-state index in [1.807, 2.05) is 11.3 Å². The van der Waals surface area contributed by atoms with Crippen LogP contribution in [0, 0.1) is 11.8 Å². The fourth-order valence-electron chi connectivity index (χ4n) is 2.84. The average Bonchev–Trinajstić information content (AvgIpc) is 2.94. The van der Waals surface area contributed by atoms with Crippen molar-refractivity contribution in [1.29, 1.82) is 0 Å². The molecule has 0 spiro atoms. The summed E-state index contributed by atoms with van der Waals surface area (Å²) in [6.45, 7) is 12.6. The van der Waals surface area contributed by atoms with Crippen LogP contribution in [0.4, 0.5) is 5.13 Å². The van der Waals surface area contributed by atoms with Gasteiger partial charge < -0.3 is 10.2 Å². The Morgan fingerprint density at radius 2 is 2.05 bits per heavy atom. The third kappa shape index (κ3) is 3.95. The summed E-state index contributed by atoms with van der Waals surface area (Å²) in [5.41, 5.74) is 0. The molecule has 1 fully saturated rings. The molecule has 1 saturated heterocycles. The molecule has 1 N–H and O–H groups in total. The Balaban J connectivity index is 1.89. The van der Waals surface area contributed by atoms with E-state index >= 15 is 0 Å². The van der Waals surface area contributed by atoms with Crippen molar-refractivity contribution in [2.45, 2.75) is 53.0 Å². The number of hydrogen-bond donors (Lipinski definition) is 1. The van der Waals surface area contributed by atoms with Gasteiger partial charge in [-0.2, -0.15) is 0 Å². The lowest BCUT2D eigenvalue weighted by molar-refractivity contribution is 0.311. The van der Waals surface area contributed by atoms with Crippen LogP contribution in [0.3, 0.4) is 0 Å². The van der Waals surface area contributed by atoms with E-state index in [0.717, 1.165) is 18.4 Å². The van der Waals surface area contributed by atoms with E-state index in [2.05, 4.69) is 49.1 Å². The first-order valence-corrected chi connectivity index (χ1v) is 8.87. The molecule has 0 aromatic carbocycles. The van der Waals surface area contributed by atoms with Crippen molar-refractivity contribution in [2.24, 2.45) is 11.8 Å².